The molecular weight excluding hydrogens is 188 g/mol. The van der Waals surface area contributed by atoms with Crippen molar-refractivity contribution in [1.82, 2.24) is 4.90 Å². The molecule has 0 spiro atoms. The normalized spacial score (nSPS) is 18.2. The lowest BCUT2D eigenvalue weighted by Gasteiger charge is -2.25. The Morgan fingerprint density at radius 2 is 2.07 bits per heavy atom. The lowest BCUT2D eigenvalue weighted by Crippen LogP contribution is -2.28. The van der Waals surface area contributed by atoms with Gasteiger partial charge in [0.25, 0.3) is 0 Å². The molecule has 0 aromatic carbocycles. The van der Waals surface area contributed by atoms with E-state index in [9.17, 15) is 0 Å². The minimum atomic E-state index is 0.663. The highest BCUT2D eigenvalue weighted by atomic mass is 16.3. The van der Waals surface area contributed by atoms with Gasteiger partial charge in [-0.15, -0.1) is 0 Å². The van der Waals surface area contributed by atoms with Gasteiger partial charge in [-0.2, -0.15) is 0 Å². The van der Waals surface area contributed by atoms with Crippen LogP contribution < -0.4 is 5.73 Å². The third kappa shape index (κ3) is 3.08. The molecule has 0 unspecified atom stereocenters. The molecule has 15 heavy (non-hydrogen) atoms. The molecule has 2 heterocycles. The van der Waals surface area contributed by atoms with Gasteiger partial charge in [-0.3, -0.25) is 4.90 Å². The van der Waals surface area contributed by atoms with E-state index < -0.39 is 0 Å². The summed E-state index contributed by atoms with van der Waals surface area (Å²) < 4.78 is 5.44. The maximum atomic E-state index is 5.48. The van der Waals surface area contributed by atoms with Crippen molar-refractivity contribution in [2.45, 2.75) is 32.2 Å². The van der Waals surface area contributed by atoms with Crippen LogP contribution in [0, 0.1) is 0 Å². The molecule has 1 aromatic rings. The van der Waals surface area contributed by atoms with Crippen molar-refractivity contribution in [1.29, 1.82) is 0 Å². The maximum Gasteiger partial charge on any atom is 0.105 e. The number of hydrogen-bond donors (Lipinski definition) is 1. The Balaban J connectivity index is 1.86. The molecule has 1 aliphatic rings. The van der Waals surface area contributed by atoms with Crippen LogP contribution in [-0.4, -0.2) is 24.5 Å². The second-order valence-corrected chi connectivity index (χ2v) is 4.30. The molecule has 3 nitrogen and oxygen atoms in total. The fraction of sp³-hybridized carbons (Fsp3) is 0.667. The zero-order valence-corrected chi connectivity index (χ0v) is 9.24. The van der Waals surface area contributed by atoms with Crippen molar-refractivity contribution in [2.24, 2.45) is 5.73 Å². The van der Waals surface area contributed by atoms with E-state index in [2.05, 4.69) is 11.0 Å². The van der Waals surface area contributed by atoms with Gasteiger partial charge in [-0.05, 0) is 38.5 Å². The molecule has 0 bridgehead atoms. The van der Waals surface area contributed by atoms with E-state index in [0.717, 1.165) is 18.7 Å². The minimum absolute atomic E-state index is 0.663. The summed E-state index contributed by atoms with van der Waals surface area (Å²) in [6.07, 6.45) is 6.79. The maximum absolute atomic E-state index is 5.48. The van der Waals surface area contributed by atoms with Crippen molar-refractivity contribution in [3.8, 4) is 0 Å². The van der Waals surface area contributed by atoms with Gasteiger partial charge in [0.15, 0.2) is 0 Å². The SMILES string of the molecule is NCCc1cc(CN2CCCCC2)co1. The summed E-state index contributed by atoms with van der Waals surface area (Å²) >= 11 is 0. The van der Waals surface area contributed by atoms with E-state index in [1.54, 1.807) is 0 Å². The Kier molecular flexibility index (Phi) is 3.80. The molecule has 1 fully saturated rings. The summed E-state index contributed by atoms with van der Waals surface area (Å²) in [6.45, 7) is 4.17. The molecule has 0 atom stereocenters. The number of piperidine rings is 1. The Morgan fingerprint density at radius 3 is 2.80 bits per heavy atom. The molecule has 1 aliphatic heterocycles. The third-order valence-electron chi connectivity index (χ3n) is 2.95. The van der Waals surface area contributed by atoms with Crippen LogP contribution in [0.2, 0.25) is 0 Å². The van der Waals surface area contributed by atoms with Crippen molar-refractivity contribution in [2.75, 3.05) is 19.6 Å². The van der Waals surface area contributed by atoms with Crippen LogP contribution in [0.15, 0.2) is 16.7 Å². The molecule has 2 rings (SSSR count). The lowest BCUT2D eigenvalue weighted by atomic mass is 10.1. The van der Waals surface area contributed by atoms with Crippen LogP contribution in [0.3, 0.4) is 0 Å². The molecular formula is C12H20N2O. The van der Waals surface area contributed by atoms with Crippen molar-refractivity contribution in [3.63, 3.8) is 0 Å². The first-order valence-corrected chi connectivity index (χ1v) is 5.87. The molecule has 1 saturated heterocycles. The topological polar surface area (TPSA) is 42.4 Å². The largest absolute Gasteiger partial charge is 0.469 e. The summed E-state index contributed by atoms with van der Waals surface area (Å²) in [5.41, 5.74) is 6.78. The van der Waals surface area contributed by atoms with Crippen LogP contribution in [-0.2, 0) is 13.0 Å². The van der Waals surface area contributed by atoms with E-state index >= 15 is 0 Å². The van der Waals surface area contributed by atoms with Gasteiger partial charge in [0.1, 0.15) is 5.76 Å². The van der Waals surface area contributed by atoms with E-state index in [-0.39, 0.29) is 0 Å². The van der Waals surface area contributed by atoms with Crippen molar-refractivity contribution in [3.05, 3.63) is 23.7 Å². The smallest absolute Gasteiger partial charge is 0.105 e. The number of furan rings is 1. The van der Waals surface area contributed by atoms with Crippen LogP contribution in [0.1, 0.15) is 30.6 Å². The molecule has 0 aliphatic carbocycles. The van der Waals surface area contributed by atoms with E-state index in [0.29, 0.717) is 6.54 Å². The van der Waals surface area contributed by atoms with Crippen molar-refractivity contribution < 1.29 is 4.42 Å². The monoisotopic (exact) mass is 208 g/mol. The highest BCUT2D eigenvalue weighted by Crippen LogP contribution is 2.15. The Hall–Kier alpha value is -0.800. The average Bonchev–Trinajstić information content (AvgIpc) is 2.68. The number of nitrogens with two attached hydrogens (primary N) is 1. The van der Waals surface area contributed by atoms with E-state index in [1.807, 2.05) is 6.26 Å². The standard InChI is InChI=1S/C12H20N2O/c13-5-4-12-8-11(10-15-12)9-14-6-2-1-3-7-14/h8,10H,1-7,9,13H2. The number of rotatable bonds is 4. The first-order chi connectivity index (χ1) is 7.38. The predicted molar refractivity (Wildman–Crippen MR) is 60.6 cm³/mol. The Labute approximate surface area is 91.2 Å². The molecule has 0 amide bonds. The summed E-state index contributed by atoms with van der Waals surface area (Å²) in [5.74, 6) is 1.02. The van der Waals surface area contributed by atoms with Crippen LogP contribution in [0.25, 0.3) is 0 Å². The van der Waals surface area contributed by atoms with Crippen LogP contribution >= 0.6 is 0 Å². The molecule has 3 heteroatoms. The molecule has 1 aromatic heterocycles. The second-order valence-electron chi connectivity index (χ2n) is 4.30. The van der Waals surface area contributed by atoms with E-state index in [1.165, 1.54) is 37.9 Å². The van der Waals surface area contributed by atoms with Gasteiger partial charge >= 0.3 is 0 Å². The van der Waals surface area contributed by atoms with Gasteiger partial charge in [0.05, 0.1) is 6.26 Å². The summed E-state index contributed by atoms with van der Waals surface area (Å²) in [6, 6.07) is 2.14. The first-order valence-electron chi connectivity index (χ1n) is 5.87. The van der Waals surface area contributed by atoms with Gasteiger partial charge in [0, 0.05) is 18.5 Å². The summed E-state index contributed by atoms with van der Waals surface area (Å²) in [5, 5.41) is 0. The first kappa shape index (κ1) is 10.7. The van der Waals surface area contributed by atoms with Gasteiger partial charge in [-0.1, -0.05) is 6.42 Å². The van der Waals surface area contributed by atoms with Gasteiger partial charge in [-0.25, -0.2) is 0 Å². The fourth-order valence-corrected chi connectivity index (χ4v) is 2.16. The van der Waals surface area contributed by atoms with Crippen LogP contribution in [0.4, 0.5) is 0 Å². The summed E-state index contributed by atoms with van der Waals surface area (Å²) in [7, 11) is 0. The Bertz CT molecular complexity index is 290. The molecule has 0 saturated carbocycles. The molecule has 0 radical (unpaired) electrons. The summed E-state index contributed by atoms with van der Waals surface area (Å²) in [4.78, 5) is 2.50. The average molecular weight is 208 g/mol. The molecule has 2 N–H and O–H groups in total. The number of likely N-dealkylation sites (tertiary alicyclic amines) is 1. The van der Waals surface area contributed by atoms with Crippen LogP contribution in [0.5, 0.6) is 0 Å². The highest BCUT2D eigenvalue weighted by molar-refractivity contribution is 5.13. The van der Waals surface area contributed by atoms with E-state index in [4.69, 9.17) is 10.2 Å². The Morgan fingerprint density at radius 1 is 1.27 bits per heavy atom. The zero-order valence-electron chi connectivity index (χ0n) is 9.24. The minimum Gasteiger partial charge on any atom is -0.469 e. The third-order valence-corrected chi connectivity index (χ3v) is 2.95. The number of hydrogen-bond acceptors (Lipinski definition) is 3. The zero-order chi connectivity index (χ0) is 10.5. The highest BCUT2D eigenvalue weighted by Gasteiger charge is 2.11. The van der Waals surface area contributed by atoms with Gasteiger partial charge < -0.3 is 10.2 Å². The quantitative estimate of drug-likeness (QED) is 0.820. The van der Waals surface area contributed by atoms with Crippen molar-refractivity contribution >= 4 is 0 Å². The molecule has 84 valence electrons. The van der Waals surface area contributed by atoms with Gasteiger partial charge in [0.2, 0.25) is 0 Å². The second kappa shape index (κ2) is 5.33. The fourth-order valence-electron chi connectivity index (χ4n) is 2.16. The predicted octanol–water partition coefficient (Wildman–Crippen LogP) is 1.77. The number of nitrogens with zero attached hydrogens (tertiary/aromatic N) is 1. The lowest BCUT2D eigenvalue weighted by molar-refractivity contribution is 0.220.